The van der Waals surface area contributed by atoms with Crippen molar-refractivity contribution in [1.29, 1.82) is 0 Å². The Kier molecular flexibility index (Phi) is 7.18. The van der Waals surface area contributed by atoms with Gasteiger partial charge in [0.15, 0.2) is 0 Å². The summed E-state index contributed by atoms with van der Waals surface area (Å²) in [5.41, 5.74) is 1.55. The lowest BCUT2D eigenvalue weighted by Gasteiger charge is -2.37. The van der Waals surface area contributed by atoms with Crippen molar-refractivity contribution in [3.63, 3.8) is 0 Å². The van der Waals surface area contributed by atoms with Crippen molar-refractivity contribution in [3.05, 3.63) is 96.1 Å². The van der Waals surface area contributed by atoms with Gasteiger partial charge in [-0.2, -0.15) is 0 Å². The number of carbonyl (C=O) groups excluding carboxylic acids is 2. The molecule has 0 saturated carbocycles. The summed E-state index contributed by atoms with van der Waals surface area (Å²) in [6.45, 7) is 7.73. The molecule has 2 atom stereocenters. The molecule has 0 amide bonds. The van der Waals surface area contributed by atoms with E-state index in [9.17, 15) is 9.59 Å². The zero-order valence-electron chi connectivity index (χ0n) is 20.5. The third-order valence-corrected chi connectivity index (χ3v) is 7.96. The summed E-state index contributed by atoms with van der Waals surface area (Å²) in [5.74, 6) is -0.784. The second-order valence-electron chi connectivity index (χ2n) is 8.73. The van der Waals surface area contributed by atoms with Crippen LogP contribution in [0.4, 0.5) is 0 Å². The molecule has 0 heterocycles. The minimum atomic E-state index is -1.16. The van der Waals surface area contributed by atoms with Crippen LogP contribution in [0, 0.1) is 0 Å². The van der Waals surface area contributed by atoms with Crippen molar-refractivity contribution in [1.82, 2.24) is 0 Å². The summed E-state index contributed by atoms with van der Waals surface area (Å²) in [4.78, 5) is 27.0. The molecule has 0 aliphatic heterocycles. The maximum atomic E-state index is 13.5. The van der Waals surface area contributed by atoms with E-state index in [1.54, 1.807) is 13.8 Å². The predicted molar refractivity (Wildman–Crippen MR) is 143 cm³/mol. The van der Waals surface area contributed by atoms with Gasteiger partial charge < -0.3 is 9.47 Å². The number of thioether (sulfide) groups is 1. The molecule has 0 saturated heterocycles. The third-order valence-electron chi connectivity index (χ3n) is 6.34. The SMILES string of the molecule is CCOC(=O)C(C)(SC(C)(C(=O)OCC)c1ccc2ccccc2c1)c1ccc2ccccc2c1. The first-order valence-corrected chi connectivity index (χ1v) is 12.7. The Morgan fingerprint density at radius 1 is 0.629 bits per heavy atom. The molecule has 4 aromatic rings. The highest BCUT2D eigenvalue weighted by Crippen LogP contribution is 2.51. The molecule has 0 aliphatic carbocycles. The largest absolute Gasteiger partial charge is 0.465 e. The van der Waals surface area contributed by atoms with Crippen LogP contribution >= 0.6 is 11.8 Å². The fourth-order valence-electron chi connectivity index (χ4n) is 4.35. The first-order chi connectivity index (χ1) is 16.8. The number of ether oxygens (including phenoxy) is 2. The van der Waals surface area contributed by atoms with Gasteiger partial charge in [0.2, 0.25) is 0 Å². The van der Waals surface area contributed by atoms with Crippen molar-refractivity contribution in [3.8, 4) is 0 Å². The van der Waals surface area contributed by atoms with Crippen molar-refractivity contribution >= 4 is 45.2 Å². The fourth-order valence-corrected chi connectivity index (χ4v) is 5.95. The number of carbonyl (C=O) groups is 2. The molecule has 180 valence electrons. The van der Waals surface area contributed by atoms with Gasteiger partial charge in [-0.1, -0.05) is 72.8 Å². The van der Waals surface area contributed by atoms with Gasteiger partial charge in [0.1, 0.15) is 9.49 Å². The highest BCUT2D eigenvalue weighted by Gasteiger charge is 2.49. The quantitative estimate of drug-likeness (QED) is 0.251. The van der Waals surface area contributed by atoms with Gasteiger partial charge in [-0.15, -0.1) is 11.8 Å². The maximum absolute atomic E-state index is 13.5. The van der Waals surface area contributed by atoms with E-state index in [1.165, 1.54) is 11.8 Å². The van der Waals surface area contributed by atoms with Gasteiger partial charge in [0, 0.05) is 0 Å². The lowest BCUT2D eigenvalue weighted by molar-refractivity contribution is -0.146. The Balaban J connectivity index is 1.88. The monoisotopic (exact) mass is 486 g/mol. The van der Waals surface area contributed by atoms with Crippen LogP contribution in [0.2, 0.25) is 0 Å². The molecule has 35 heavy (non-hydrogen) atoms. The fraction of sp³-hybridized carbons (Fsp3) is 0.267. The molecular weight excluding hydrogens is 456 g/mol. The summed E-state index contributed by atoms with van der Waals surface area (Å²) < 4.78 is 8.79. The van der Waals surface area contributed by atoms with E-state index in [0.717, 1.165) is 32.7 Å². The Labute approximate surface area is 210 Å². The van der Waals surface area contributed by atoms with E-state index < -0.39 is 21.4 Å². The highest BCUT2D eigenvalue weighted by molar-refractivity contribution is 8.02. The second-order valence-corrected chi connectivity index (χ2v) is 10.6. The van der Waals surface area contributed by atoms with Crippen LogP contribution in [0.3, 0.4) is 0 Å². The molecule has 4 aromatic carbocycles. The van der Waals surface area contributed by atoms with Crippen LogP contribution in [0.1, 0.15) is 38.8 Å². The zero-order chi connectivity index (χ0) is 25.1. The zero-order valence-corrected chi connectivity index (χ0v) is 21.4. The lowest BCUT2D eigenvalue weighted by Crippen LogP contribution is -2.40. The molecule has 2 unspecified atom stereocenters. The van der Waals surface area contributed by atoms with E-state index in [2.05, 4.69) is 0 Å². The molecule has 0 radical (unpaired) electrons. The summed E-state index contributed by atoms with van der Waals surface area (Å²) in [6, 6.07) is 27.9. The molecule has 0 bridgehead atoms. The van der Waals surface area contributed by atoms with E-state index in [-0.39, 0.29) is 13.2 Å². The third kappa shape index (κ3) is 4.78. The lowest BCUT2D eigenvalue weighted by atomic mass is 9.96. The molecule has 5 heteroatoms. The summed E-state index contributed by atoms with van der Waals surface area (Å²) in [7, 11) is 0. The van der Waals surface area contributed by atoms with Gasteiger partial charge in [-0.3, -0.25) is 9.59 Å². The minimum absolute atomic E-state index is 0.245. The van der Waals surface area contributed by atoms with Crippen LogP contribution in [-0.4, -0.2) is 25.2 Å². The summed E-state index contributed by atoms with van der Waals surface area (Å²) >= 11 is 1.26. The molecule has 0 N–H and O–H groups in total. The van der Waals surface area contributed by atoms with Gasteiger partial charge in [0.25, 0.3) is 0 Å². The number of rotatable bonds is 8. The van der Waals surface area contributed by atoms with E-state index >= 15 is 0 Å². The number of esters is 2. The Morgan fingerprint density at radius 2 is 1.00 bits per heavy atom. The Hall–Kier alpha value is -3.31. The molecular formula is C30H30O4S. The first-order valence-electron chi connectivity index (χ1n) is 11.8. The molecule has 0 aliphatic rings. The van der Waals surface area contributed by atoms with Crippen molar-refractivity contribution in [2.45, 2.75) is 37.2 Å². The van der Waals surface area contributed by atoms with E-state index in [4.69, 9.17) is 9.47 Å². The van der Waals surface area contributed by atoms with E-state index in [1.807, 2.05) is 98.8 Å². The van der Waals surface area contributed by atoms with Crippen LogP contribution in [0.5, 0.6) is 0 Å². The summed E-state index contributed by atoms with van der Waals surface area (Å²) in [5, 5.41) is 4.19. The van der Waals surface area contributed by atoms with Gasteiger partial charge in [0.05, 0.1) is 13.2 Å². The number of fused-ring (bicyclic) bond motifs is 2. The van der Waals surface area contributed by atoms with Crippen LogP contribution < -0.4 is 0 Å². The highest BCUT2D eigenvalue weighted by atomic mass is 32.2. The first kappa shape index (κ1) is 24.8. The minimum Gasteiger partial charge on any atom is -0.465 e. The van der Waals surface area contributed by atoms with Crippen LogP contribution in [-0.2, 0) is 28.6 Å². The predicted octanol–water partition coefficient (Wildman–Crippen LogP) is 6.98. The Morgan fingerprint density at radius 3 is 1.37 bits per heavy atom. The van der Waals surface area contributed by atoms with Crippen molar-refractivity contribution < 1.29 is 19.1 Å². The number of benzene rings is 4. The maximum Gasteiger partial charge on any atom is 0.326 e. The molecule has 0 aromatic heterocycles. The topological polar surface area (TPSA) is 52.6 Å². The molecule has 0 spiro atoms. The van der Waals surface area contributed by atoms with Crippen molar-refractivity contribution in [2.24, 2.45) is 0 Å². The summed E-state index contributed by atoms with van der Waals surface area (Å²) in [6.07, 6.45) is 0. The van der Waals surface area contributed by atoms with E-state index in [0.29, 0.717) is 0 Å². The smallest absolute Gasteiger partial charge is 0.326 e. The van der Waals surface area contributed by atoms with Crippen LogP contribution in [0.15, 0.2) is 84.9 Å². The Bertz CT molecular complexity index is 1280. The molecule has 0 fully saturated rings. The normalized spacial score (nSPS) is 14.7. The van der Waals surface area contributed by atoms with Gasteiger partial charge >= 0.3 is 11.9 Å². The standard InChI is InChI=1S/C30H30O4S/c1-5-33-27(31)29(3,25-17-15-21-11-7-9-13-23(21)19-25)35-30(4,28(32)34-6-2)26-18-16-22-12-8-10-14-24(22)20-26/h7-20H,5-6H2,1-4H3. The molecule has 4 nitrogen and oxygen atoms in total. The van der Waals surface area contributed by atoms with Crippen LogP contribution in [0.25, 0.3) is 21.5 Å². The number of hydrogen-bond acceptors (Lipinski definition) is 5. The van der Waals surface area contributed by atoms with Crippen molar-refractivity contribution in [2.75, 3.05) is 13.2 Å². The molecule has 4 rings (SSSR count). The second kappa shape index (κ2) is 10.1. The average molecular weight is 487 g/mol. The van der Waals surface area contributed by atoms with Gasteiger partial charge in [-0.25, -0.2) is 0 Å². The number of hydrogen-bond donors (Lipinski definition) is 0. The average Bonchev–Trinajstić information content (AvgIpc) is 2.88. The van der Waals surface area contributed by atoms with Gasteiger partial charge in [-0.05, 0) is 72.5 Å².